The lowest BCUT2D eigenvalue weighted by Crippen LogP contribution is -2.47. The Kier molecular flexibility index (Phi) is 5.92. The predicted molar refractivity (Wildman–Crippen MR) is 91.7 cm³/mol. The van der Waals surface area contributed by atoms with Gasteiger partial charge in [-0.2, -0.15) is 0 Å². The SMILES string of the molecule is CCC(C)C(C)(O)CNC(=O)NCc1nncn1-c1ccccc1. The molecule has 3 N–H and O–H groups in total. The highest BCUT2D eigenvalue weighted by atomic mass is 16.3. The summed E-state index contributed by atoms with van der Waals surface area (Å²) in [5.41, 5.74) is -0.00436. The number of hydrogen-bond acceptors (Lipinski definition) is 4. The van der Waals surface area contributed by atoms with Gasteiger partial charge in [0, 0.05) is 12.2 Å². The maximum Gasteiger partial charge on any atom is 0.315 e. The van der Waals surface area contributed by atoms with Crippen LogP contribution in [0.15, 0.2) is 36.7 Å². The third-order valence-electron chi connectivity index (χ3n) is 4.34. The van der Waals surface area contributed by atoms with Crippen LogP contribution in [-0.2, 0) is 6.54 Å². The van der Waals surface area contributed by atoms with Gasteiger partial charge in [-0.25, -0.2) is 4.79 Å². The smallest absolute Gasteiger partial charge is 0.315 e. The highest BCUT2D eigenvalue weighted by molar-refractivity contribution is 5.73. The van der Waals surface area contributed by atoms with Gasteiger partial charge in [0.05, 0.1) is 12.1 Å². The number of carbonyl (C=O) groups is 1. The highest BCUT2D eigenvalue weighted by Gasteiger charge is 2.27. The molecule has 0 aliphatic heterocycles. The van der Waals surface area contributed by atoms with Gasteiger partial charge in [0.15, 0.2) is 5.82 Å². The lowest BCUT2D eigenvalue weighted by Gasteiger charge is -2.29. The Hall–Kier alpha value is -2.41. The summed E-state index contributed by atoms with van der Waals surface area (Å²) in [6, 6.07) is 9.32. The van der Waals surface area contributed by atoms with Gasteiger partial charge in [0.1, 0.15) is 6.33 Å². The van der Waals surface area contributed by atoms with Crippen LogP contribution in [-0.4, -0.2) is 38.0 Å². The molecular weight excluding hydrogens is 306 g/mol. The summed E-state index contributed by atoms with van der Waals surface area (Å²) in [5, 5.41) is 23.7. The molecule has 0 saturated carbocycles. The molecule has 0 fully saturated rings. The number of aliphatic hydroxyl groups is 1. The van der Waals surface area contributed by atoms with Gasteiger partial charge in [-0.15, -0.1) is 10.2 Å². The van der Waals surface area contributed by atoms with Crippen LogP contribution in [0.3, 0.4) is 0 Å². The summed E-state index contributed by atoms with van der Waals surface area (Å²) in [4.78, 5) is 12.0. The van der Waals surface area contributed by atoms with Crippen molar-refractivity contribution < 1.29 is 9.90 Å². The molecule has 0 spiro atoms. The van der Waals surface area contributed by atoms with Crippen molar-refractivity contribution in [1.29, 1.82) is 0 Å². The monoisotopic (exact) mass is 331 g/mol. The van der Waals surface area contributed by atoms with E-state index in [9.17, 15) is 9.90 Å². The van der Waals surface area contributed by atoms with Gasteiger partial charge < -0.3 is 15.7 Å². The normalized spacial score (nSPS) is 14.7. The standard InChI is InChI=1S/C17H25N5O2/c1-4-13(2)17(3,24)11-19-16(23)18-10-15-21-20-12-22(15)14-8-6-5-7-9-14/h5-9,12-13,24H,4,10-11H2,1-3H3,(H2,18,19,23). The topological polar surface area (TPSA) is 92.1 Å². The quantitative estimate of drug-likeness (QED) is 0.722. The Morgan fingerprint density at radius 1 is 1.33 bits per heavy atom. The van der Waals surface area contributed by atoms with Crippen LogP contribution in [0.4, 0.5) is 4.79 Å². The Labute approximate surface area is 142 Å². The van der Waals surface area contributed by atoms with E-state index < -0.39 is 5.60 Å². The predicted octanol–water partition coefficient (Wildman–Crippen LogP) is 1.86. The van der Waals surface area contributed by atoms with Crippen LogP contribution in [0.5, 0.6) is 0 Å². The van der Waals surface area contributed by atoms with Crippen molar-refractivity contribution in [2.45, 2.75) is 39.3 Å². The van der Waals surface area contributed by atoms with Crippen molar-refractivity contribution in [3.63, 3.8) is 0 Å². The average molecular weight is 331 g/mol. The number of nitrogens with zero attached hydrogens (tertiary/aromatic N) is 3. The molecule has 0 bridgehead atoms. The second-order valence-corrected chi connectivity index (χ2v) is 6.16. The molecule has 2 rings (SSSR count). The van der Waals surface area contributed by atoms with Crippen molar-refractivity contribution in [1.82, 2.24) is 25.4 Å². The number of hydrogen-bond donors (Lipinski definition) is 3. The maximum atomic E-state index is 12.0. The summed E-state index contributed by atoms with van der Waals surface area (Å²) in [7, 11) is 0. The fourth-order valence-electron chi connectivity index (χ4n) is 2.28. The van der Waals surface area contributed by atoms with Gasteiger partial charge in [-0.05, 0) is 25.0 Å². The minimum absolute atomic E-state index is 0.0963. The van der Waals surface area contributed by atoms with Gasteiger partial charge in [0.25, 0.3) is 0 Å². The highest BCUT2D eigenvalue weighted by Crippen LogP contribution is 2.18. The fraction of sp³-hybridized carbons (Fsp3) is 0.471. The number of amides is 2. The van der Waals surface area contributed by atoms with Gasteiger partial charge in [-0.3, -0.25) is 4.57 Å². The molecule has 130 valence electrons. The molecule has 0 aliphatic rings. The molecule has 1 aromatic heterocycles. The van der Waals surface area contributed by atoms with E-state index in [1.807, 2.05) is 48.7 Å². The van der Waals surface area contributed by atoms with Gasteiger partial charge >= 0.3 is 6.03 Å². The van der Waals surface area contributed by atoms with Crippen molar-refractivity contribution >= 4 is 6.03 Å². The lowest BCUT2D eigenvalue weighted by molar-refractivity contribution is 0.00790. The van der Waals surface area contributed by atoms with Crippen molar-refractivity contribution in [3.05, 3.63) is 42.5 Å². The van der Waals surface area contributed by atoms with E-state index in [2.05, 4.69) is 20.8 Å². The molecule has 0 radical (unpaired) electrons. The Balaban J connectivity index is 1.88. The summed E-state index contributed by atoms with van der Waals surface area (Å²) < 4.78 is 1.82. The Morgan fingerprint density at radius 3 is 2.71 bits per heavy atom. The molecule has 2 atom stereocenters. The van der Waals surface area contributed by atoms with Gasteiger partial charge in [0.2, 0.25) is 0 Å². The summed E-state index contributed by atoms with van der Waals surface area (Å²) in [6.45, 7) is 6.14. The summed E-state index contributed by atoms with van der Waals surface area (Å²) in [6.07, 6.45) is 2.45. The Bertz CT molecular complexity index is 654. The number of rotatable bonds is 7. The summed E-state index contributed by atoms with van der Waals surface area (Å²) in [5.74, 6) is 0.726. The first kappa shape index (κ1) is 17.9. The molecule has 7 nitrogen and oxygen atoms in total. The van der Waals surface area contributed by atoms with E-state index >= 15 is 0 Å². The zero-order valence-corrected chi connectivity index (χ0v) is 14.4. The van der Waals surface area contributed by atoms with Crippen LogP contribution in [0.25, 0.3) is 5.69 Å². The molecule has 1 aromatic carbocycles. The van der Waals surface area contributed by atoms with E-state index in [0.29, 0.717) is 5.82 Å². The molecule has 24 heavy (non-hydrogen) atoms. The summed E-state index contributed by atoms with van der Waals surface area (Å²) >= 11 is 0. The molecule has 1 heterocycles. The van der Waals surface area contributed by atoms with Crippen LogP contribution in [0.2, 0.25) is 0 Å². The lowest BCUT2D eigenvalue weighted by atomic mass is 9.89. The first-order valence-corrected chi connectivity index (χ1v) is 8.12. The van der Waals surface area contributed by atoms with E-state index in [1.165, 1.54) is 0 Å². The first-order valence-electron chi connectivity index (χ1n) is 8.12. The largest absolute Gasteiger partial charge is 0.388 e. The fourth-order valence-corrected chi connectivity index (χ4v) is 2.28. The third kappa shape index (κ3) is 4.55. The molecule has 7 heteroatoms. The van der Waals surface area contributed by atoms with Crippen LogP contribution >= 0.6 is 0 Å². The van der Waals surface area contributed by atoms with Crippen LogP contribution < -0.4 is 10.6 Å². The minimum Gasteiger partial charge on any atom is -0.388 e. The third-order valence-corrected chi connectivity index (χ3v) is 4.34. The molecule has 0 saturated heterocycles. The van der Waals surface area contributed by atoms with E-state index in [-0.39, 0.29) is 25.0 Å². The number of nitrogens with one attached hydrogen (secondary N) is 2. The second kappa shape index (κ2) is 7.92. The Morgan fingerprint density at radius 2 is 2.04 bits per heavy atom. The van der Waals surface area contributed by atoms with Crippen LogP contribution in [0, 0.1) is 5.92 Å². The zero-order chi connectivity index (χ0) is 17.6. The number of benzene rings is 1. The van der Waals surface area contributed by atoms with E-state index in [4.69, 9.17) is 0 Å². The number of para-hydroxylation sites is 1. The van der Waals surface area contributed by atoms with Crippen molar-refractivity contribution in [2.24, 2.45) is 5.92 Å². The molecule has 2 unspecified atom stereocenters. The first-order chi connectivity index (χ1) is 11.4. The number of urea groups is 1. The van der Waals surface area contributed by atoms with Crippen molar-refractivity contribution in [3.8, 4) is 5.69 Å². The second-order valence-electron chi connectivity index (χ2n) is 6.16. The minimum atomic E-state index is -0.934. The van der Waals surface area contributed by atoms with E-state index in [1.54, 1.807) is 13.3 Å². The molecular formula is C17H25N5O2. The molecule has 0 aliphatic carbocycles. The van der Waals surface area contributed by atoms with Crippen LogP contribution in [0.1, 0.15) is 33.0 Å². The number of carbonyl (C=O) groups excluding carboxylic acids is 1. The van der Waals surface area contributed by atoms with Gasteiger partial charge in [-0.1, -0.05) is 38.5 Å². The molecule has 2 aromatic rings. The average Bonchev–Trinajstić information content (AvgIpc) is 3.06. The zero-order valence-electron chi connectivity index (χ0n) is 14.4. The van der Waals surface area contributed by atoms with E-state index in [0.717, 1.165) is 12.1 Å². The maximum absolute atomic E-state index is 12.0. The number of aromatic nitrogens is 3. The van der Waals surface area contributed by atoms with Crippen molar-refractivity contribution in [2.75, 3.05) is 6.54 Å². The molecule has 2 amide bonds.